The smallest absolute Gasteiger partial charge is 0.317 e. The van der Waals surface area contributed by atoms with Crippen molar-refractivity contribution in [3.63, 3.8) is 0 Å². The molecule has 0 aliphatic carbocycles. The van der Waals surface area contributed by atoms with Crippen molar-refractivity contribution in [1.29, 1.82) is 0 Å². The number of rotatable bonds is 6. The fourth-order valence-corrected chi connectivity index (χ4v) is 3.08. The van der Waals surface area contributed by atoms with Crippen LogP contribution in [0, 0.1) is 0 Å². The zero-order chi connectivity index (χ0) is 18.4. The van der Waals surface area contributed by atoms with Gasteiger partial charge >= 0.3 is 6.03 Å². The summed E-state index contributed by atoms with van der Waals surface area (Å²) in [5.41, 5.74) is 2.12. The summed E-state index contributed by atoms with van der Waals surface area (Å²) >= 11 is 0. The first-order valence-electron chi connectivity index (χ1n) is 8.97. The number of hydrogen-bond acceptors (Lipinski definition) is 4. The first kappa shape index (κ1) is 18.0. The zero-order valence-corrected chi connectivity index (χ0v) is 15.4. The Hall–Kier alpha value is -2.76. The second-order valence-corrected chi connectivity index (χ2v) is 6.58. The van der Waals surface area contributed by atoms with Crippen molar-refractivity contribution in [2.45, 2.75) is 25.9 Å². The molecule has 0 bridgehead atoms. The van der Waals surface area contributed by atoms with Gasteiger partial charge in [0.2, 0.25) is 0 Å². The highest BCUT2D eigenvalue weighted by atomic mass is 16.5. The zero-order valence-electron chi connectivity index (χ0n) is 15.4. The van der Waals surface area contributed by atoms with Crippen molar-refractivity contribution < 1.29 is 9.53 Å². The number of carbonyl (C=O) groups excluding carboxylic acids is 1. The summed E-state index contributed by atoms with van der Waals surface area (Å²) in [6.07, 6.45) is 4.26. The Morgan fingerprint density at radius 3 is 2.62 bits per heavy atom. The van der Waals surface area contributed by atoms with E-state index in [1.165, 1.54) is 12.8 Å². The van der Waals surface area contributed by atoms with Crippen LogP contribution in [0.25, 0.3) is 0 Å². The number of anilines is 1. The predicted octanol–water partition coefficient (Wildman–Crippen LogP) is 3.03. The second-order valence-electron chi connectivity index (χ2n) is 6.58. The maximum absolute atomic E-state index is 12.3. The van der Waals surface area contributed by atoms with Crippen molar-refractivity contribution in [2.24, 2.45) is 0 Å². The molecule has 0 radical (unpaired) electrons. The molecule has 0 spiro atoms. The van der Waals surface area contributed by atoms with E-state index in [4.69, 9.17) is 4.74 Å². The Labute approximate surface area is 154 Å². The molecule has 0 saturated carbocycles. The lowest BCUT2D eigenvalue weighted by atomic mass is 10.2. The monoisotopic (exact) mass is 354 g/mol. The van der Waals surface area contributed by atoms with E-state index in [2.05, 4.69) is 21.3 Å². The molecule has 2 amide bonds. The number of nitrogens with one attached hydrogen (secondary N) is 1. The van der Waals surface area contributed by atoms with Crippen LogP contribution in [0.2, 0.25) is 0 Å². The molecule has 1 aliphatic rings. The number of nitrogens with zero attached hydrogens (tertiary/aromatic N) is 3. The van der Waals surface area contributed by atoms with Crippen LogP contribution < -0.4 is 15.0 Å². The Bertz CT molecular complexity index is 727. The molecule has 138 valence electrons. The Morgan fingerprint density at radius 2 is 1.92 bits per heavy atom. The summed E-state index contributed by atoms with van der Waals surface area (Å²) < 4.78 is 5.15. The molecule has 2 heterocycles. The molecule has 0 unspecified atom stereocenters. The van der Waals surface area contributed by atoms with Crippen LogP contribution in [-0.2, 0) is 13.1 Å². The van der Waals surface area contributed by atoms with Crippen LogP contribution in [0.5, 0.6) is 5.75 Å². The summed E-state index contributed by atoms with van der Waals surface area (Å²) in [6, 6.07) is 11.6. The fourth-order valence-electron chi connectivity index (χ4n) is 3.08. The number of amides is 2. The minimum absolute atomic E-state index is 0.0969. The first-order valence-corrected chi connectivity index (χ1v) is 8.97. The average molecular weight is 354 g/mol. The van der Waals surface area contributed by atoms with Gasteiger partial charge in [-0.25, -0.2) is 9.78 Å². The van der Waals surface area contributed by atoms with Gasteiger partial charge in [-0.2, -0.15) is 0 Å². The highest BCUT2D eigenvalue weighted by Crippen LogP contribution is 2.18. The van der Waals surface area contributed by atoms with Crippen molar-refractivity contribution in [2.75, 3.05) is 32.1 Å². The van der Waals surface area contributed by atoms with Crippen LogP contribution >= 0.6 is 0 Å². The van der Waals surface area contributed by atoms with Crippen LogP contribution in [0.1, 0.15) is 24.0 Å². The predicted molar refractivity (Wildman–Crippen MR) is 102 cm³/mol. The lowest BCUT2D eigenvalue weighted by Gasteiger charge is -2.19. The highest BCUT2D eigenvalue weighted by Gasteiger charge is 2.14. The van der Waals surface area contributed by atoms with E-state index in [1.807, 2.05) is 36.5 Å². The quantitative estimate of drug-likeness (QED) is 0.866. The SMILES string of the molecule is COc1ccc(CN(C)C(=O)NCc2ccnc(N3CCCC3)c2)cc1. The molecular formula is C20H26N4O2. The molecule has 1 saturated heterocycles. The minimum Gasteiger partial charge on any atom is -0.497 e. The summed E-state index contributed by atoms with van der Waals surface area (Å²) in [4.78, 5) is 20.8. The van der Waals surface area contributed by atoms with E-state index in [-0.39, 0.29) is 6.03 Å². The van der Waals surface area contributed by atoms with Gasteiger partial charge in [-0.3, -0.25) is 0 Å². The number of aromatic nitrogens is 1. The van der Waals surface area contributed by atoms with E-state index >= 15 is 0 Å². The van der Waals surface area contributed by atoms with Crippen molar-refractivity contribution in [3.8, 4) is 5.75 Å². The molecule has 2 aromatic rings. The largest absolute Gasteiger partial charge is 0.497 e. The third-order valence-electron chi connectivity index (χ3n) is 4.61. The number of benzene rings is 1. The van der Waals surface area contributed by atoms with Crippen LogP contribution in [0.4, 0.5) is 10.6 Å². The van der Waals surface area contributed by atoms with Crippen LogP contribution in [-0.4, -0.2) is 43.2 Å². The number of carbonyl (C=O) groups is 1. The van der Waals surface area contributed by atoms with E-state index in [1.54, 1.807) is 19.1 Å². The summed E-state index contributed by atoms with van der Waals surface area (Å²) in [5, 5.41) is 2.98. The molecule has 1 aromatic heterocycles. The number of ether oxygens (including phenoxy) is 1. The molecule has 1 fully saturated rings. The van der Waals surface area contributed by atoms with E-state index < -0.39 is 0 Å². The van der Waals surface area contributed by atoms with Crippen LogP contribution in [0.3, 0.4) is 0 Å². The average Bonchev–Trinajstić information content (AvgIpc) is 3.22. The number of urea groups is 1. The lowest BCUT2D eigenvalue weighted by molar-refractivity contribution is 0.206. The number of hydrogen-bond donors (Lipinski definition) is 1. The maximum atomic E-state index is 12.3. The normalized spacial score (nSPS) is 13.5. The van der Waals surface area contributed by atoms with Gasteiger partial charge in [0, 0.05) is 39.4 Å². The lowest BCUT2D eigenvalue weighted by Crippen LogP contribution is -2.36. The molecule has 26 heavy (non-hydrogen) atoms. The Morgan fingerprint density at radius 1 is 1.19 bits per heavy atom. The molecule has 1 aliphatic heterocycles. The standard InChI is InChI=1S/C20H26N4O2/c1-23(15-16-5-7-18(26-2)8-6-16)20(25)22-14-17-9-10-21-19(13-17)24-11-3-4-12-24/h5-10,13H,3-4,11-12,14-15H2,1-2H3,(H,22,25). The van der Waals surface area contributed by atoms with Gasteiger partial charge < -0.3 is 19.9 Å². The summed E-state index contributed by atoms with van der Waals surface area (Å²) in [5.74, 6) is 1.81. The Kier molecular flexibility index (Phi) is 5.94. The Balaban J connectivity index is 1.51. The molecule has 1 aromatic carbocycles. The molecule has 3 rings (SSSR count). The topological polar surface area (TPSA) is 57.7 Å². The third-order valence-corrected chi connectivity index (χ3v) is 4.61. The van der Waals surface area contributed by atoms with Gasteiger partial charge in [0.1, 0.15) is 11.6 Å². The molecular weight excluding hydrogens is 328 g/mol. The number of methoxy groups -OCH3 is 1. The van der Waals surface area contributed by atoms with Crippen molar-refractivity contribution >= 4 is 11.8 Å². The fraction of sp³-hybridized carbons (Fsp3) is 0.400. The first-order chi connectivity index (χ1) is 12.7. The maximum Gasteiger partial charge on any atom is 0.317 e. The van der Waals surface area contributed by atoms with Gasteiger partial charge in [-0.05, 0) is 48.2 Å². The van der Waals surface area contributed by atoms with Gasteiger partial charge in [-0.15, -0.1) is 0 Å². The van der Waals surface area contributed by atoms with Gasteiger partial charge in [-0.1, -0.05) is 12.1 Å². The molecule has 6 nitrogen and oxygen atoms in total. The summed E-state index contributed by atoms with van der Waals surface area (Å²) in [6.45, 7) is 3.17. The van der Waals surface area contributed by atoms with Gasteiger partial charge in [0.15, 0.2) is 0 Å². The number of pyridine rings is 1. The second kappa shape index (κ2) is 8.56. The van der Waals surface area contributed by atoms with E-state index in [0.29, 0.717) is 13.1 Å². The van der Waals surface area contributed by atoms with Gasteiger partial charge in [0.05, 0.1) is 7.11 Å². The summed E-state index contributed by atoms with van der Waals surface area (Å²) in [7, 11) is 3.44. The highest BCUT2D eigenvalue weighted by molar-refractivity contribution is 5.73. The minimum atomic E-state index is -0.0969. The van der Waals surface area contributed by atoms with Crippen molar-refractivity contribution in [1.82, 2.24) is 15.2 Å². The molecule has 6 heteroatoms. The van der Waals surface area contributed by atoms with Crippen LogP contribution in [0.15, 0.2) is 42.6 Å². The molecule has 0 atom stereocenters. The van der Waals surface area contributed by atoms with Gasteiger partial charge in [0.25, 0.3) is 0 Å². The third kappa shape index (κ3) is 4.65. The van der Waals surface area contributed by atoms with E-state index in [0.717, 1.165) is 35.8 Å². The molecule has 1 N–H and O–H groups in total. The van der Waals surface area contributed by atoms with E-state index in [9.17, 15) is 4.79 Å². The van der Waals surface area contributed by atoms with Crippen molar-refractivity contribution in [3.05, 3.63) is 53.7 Å².